The van der Waals surface area contributed by atoms with Crippen LogP contribution in [0.1, 0.15) is 20.9 Å². The van der Waals surface area contributed by atoms with Crippen LogP contribution < -0.4 is 10.6 Å². The monoisotopic (exact) mass is 341 g/mol. The molecule has 1 amide bonds. The van der Waals surface area contributed by atoms with Crippen LogP contribution in [0, 0.1) is 6.92 Å². The number of carbonyl (C=O) groups excluding carboxylic acids is 1. The number of amides is 1. The van der Waals surface area contributed by atoms with Crippen molar-refractivity contribution in [2.75, 3.05) is 11.9 Å². The molecular formula is C17H19N5OS. The zero-order chi connectivity index (χ0) is 16.8. The van der Waals surface area contributed by atoms with Crippen LogP contribution in [-0.4, -0.2) is 27.4 Å². The first-order valence-electron chi connectivity index (χ1n) is 7.72. The Bertz CT molecular complexity index is 797. The first kappa shape index (κ1) is 16.4. The van der Waals surface area contributed by atoms with Gasteiger partial charge >= 0.3 is 0 Å². The fraction of sp³-hybridized carbons (Fsp3) is 0.235. The molecule has 0 spiro atoms. The van der Waals surface area contributed by atoms with Crippen molar-refractivity contribution >= 4 is 22.9 Å². The summed E-state index contributed by atoms with van der Waals surface area (Å²) in [7, 11) is 0. The third-order valence-electron chi connectivity index (χ3n) is 3.56. The Morgan fingerprint density at radius 2 is 2.12 bits per heavy atom. The Balaban J connectivity index is 1.49. The van der Waals surface area contributed by atoms with E-state index >= 15 is 0 Å². The van der Waals surface area contributed by atoms with Crippen LogP contribution in [0.2, 0.25) is 0 Å². The number of hydrogen-bond acceptors (Lipinski definition) is 5. The summed E-state index contributed by atoms with van der Waals surface area (Å²) in [4.78, 5) is 13.5. The van der Waals surface area contributed by atoms with Gasteiger partial charge in [-0.25, -0.2) is 0 Å². The largest absolute Gasteiger partial charge is 0.320 e. The van der Waals surface area contributed by atoms with E-state index in [-0.39, 0.29) is 5.91 Å². The van der Waals surface area contributed by atoms with Crippen molar-refractivity contribution in [3.8, 4) is 0 Å². The van der Waals surface area contributed by atoms with Crippen LogP contribution in [0.5, 0.6) is 0 Å². The molecule has 3 aromatic rings. The second kappa shape index (κ2) is 7.85. The van der Waals surface area contributed by atoms with E-state index in [9.17, 15) is 4.79 Å². The minimum atomic E-state index is -0.248. The molecule has 6 nitrogen and oxygen atoms in total. The van der Waals surface area contributed by atoms with Gasteiger partial charge in [-0.05, 0) is 30.0 Å². The molecule has 0 saturated heterocycles. The Morgan fingerprint density at radius 1 is 1.25 bits per heavy atom. The molecule has 2 aromatic heterocycles. The highest BCUT2D eigenvalue weighted by atomic mass is 32.1. The Hall–Kier alpha value is -2.51. The summed E-state index contributed by atoms with van der Waals surface area (Å²) in [6.45, 7) is 4.22. The van der Waals surface area contributed by atoms with E-state index in [1.165, 1.54) is 4.88 Å². The molecule has 0 fully saturated rings. The smallest absolute Gasteiger partial charge is 0.277 e. The zero-order valence-electron chi connectivity index (χ0n) is 13.4. The molecule has 0 atom stereocenters. The normalized spacial score (nSPS) is 10.7. The van der Waals surface area contributed by atoms with Gasteiger partial charge < -0.3 is 10.6 Å². The third kappa shape index (κ3) is 4.27. The number of thiophene rings is 1. The highest BCUT2D eigenvalue weighted by Crippen LogP contribution is 2.14. The van der Waals surface area contributed by atoms with E-state index in [2.05, 4.69) is 32.4 Å². The Kier molecular flexibility index (Phi) is 5.35. The van der Waals surface area contributed by atoms with Gasteiger partial charge in [0.2, 0.25) is 0 Å². The van der Waals surface area contributed by atoms with Crippen LogP contribution in [0.15, 0.2) is 48.0 Å². The maximum atomic E-state index is 12.2. The molecule has 3 rings (SSSR count). The summed E-state index contributed by atoms with van der Waals surface area (Å²) < 4.78 is 1.67. The molecule has 0 saturated carbocycles. The second-order valence-corrected chi connectivity index (χ2v) is 6.42. The molecule has 7 heteroatoms. The second-order valence-electron chi connectivity index (χ2n) is 5.39. The molecule has 1 aromatic carbocycles. The summed E-state index contributed by atoms with van der Waals surface area (Å²) in [6.07, 6.45) is 1.67. The molecule has 124 valence electrons. The summed E-state index contributed by atoms with van der Waals surface area (Å²) in [5.74, 6) is -0.248. The molecule has 0 radical (unpaired) electrons. The van der Waals surface area contributed by atoms with Crippen molar-refractivity contribution < 1.29 is 4.79 Å². The maximum absolute atomic E-state index is 12.2. The van der Waals surface area contributed by atoms with E-state index in [0.29, 0.717) is 12.2 Å². The lowest BCUT2D eigenvalue weighted by Gasteiger charge is -2.05. The number of carbonyl (C=O) groups is 1. The molecule has 2 N–H and O–H groups in total. The third-order valence-corrected chi connectivity index (χ3v) is 4.44. The SMILES string of the molecule is Cc1ccccc1NC(=O)c1cn(CCNCc2cccs2)nn1. The van der Waals surface area contributed by atoms with Crippen molar-refractivity contribution in [1.82, 2.24) is 20.3 Å². The zero-order valence-corrected chi connectivity index (χ0v) is 14.2. The van der Waals surface area contributed by atoms with Crippen molar-refractivity contribution in [2.45, 2.75) is 20.0 Å². The average molecular weight is 341 g/mol. The van der Waals surface area contributed by atoms with Crippen LogP contribution in [0.4, 0.5) is 5.69 Å². The number of anilines is 1. The van der Waals surface area contributed by atoms with Gasteiger partial charge in [0.05, 0.1) is 12.7 Å². The fourth-order valence-corrected chi connectivity index (χ4v) is 2.90. The first-order valence-corrected chi connectivity index (χ1v) is 8.60. The molecule has 0 aliphatic carbocycles. The molecule has 2 heterocycles. The lowest BCUT2D eigenvalue weighted by atomic mass is 10.2. The number of aryl methyl sites for hydroxylation is 1. The molecule has 0 aliphatic heterocycles. The summed E-state index contributed by atoms with van der Waals surface area (Å²) in [6, 6.07) is 11.8. The Labute approximate surface area is 144 Å². The van der Waals surface area contributed by atoms with Gasteiger partial charge in [-0.2, -0.15) is 0 Å². The highest BCUT2D eigenvalue weighted by Gasteiger charge is 2.11. The van der Waals surface area contributed by atoms with Gasteiger partial charge in [-0.15, -0.1) is 16.4 Å². The first-order chi connectivity index (χ1) is 11.7. The van der Waals surface area contributed by atoms with Gasteiger partial charge in [-0.1, -0.05) is 29.5 Å². The molecule has 0 aliphatic rings. The van der Waals surface area contributed by atoms with Crippen molar-refractivity contribution in [1.29, 1.82) is 0 Å². The van der Waals surface area contributed by atoms with Crippen LogP contribution in [0.3, 0.4) is 0 Å². The van der Waals surface area contributed by atoms with Crippen molar-refractivity contribution in [3.05, 3.63) is 64.1 Å². The number of para-hydroxylation sites is 1. The predicted molar refractivity (Wildman–Crippen MR) is 95.2 cm³/mol. The number of rotatable bonds is 7. The van der Waals surface area contributed by atoms with Crippen LogP contribution in [-0.2, 0) is 13.1 Å². The van der Waals surface area contributed by atoms with Gasteiger partial charge in [0.25, 0.3) is 5.91 Å². The minimum absolute atomic E-state index is 0.248. The van der Waals surface area contributed by atoms with Gasteiger partial charge in [0, 0.05) is 23.7 Å². The van der Waals surface area contributed by atoms with Crippen LogP contribution in [0.25, 0.3) is 0 Å². The summed E-state index contributed by atoms with van der Waals surface area (Å²) in [5, 5.41) is 16.2. The maximum Gasteiger partial charge on any atom is 0.277 e. The number of nitrogens with one attached hydrogen (secondary N) is 2. The topological polar surface area (TPSA) is 71.8 Å². The quantitative estimate of drug-likeness (QED) is 0.648. The van der Waals surface area contributed by atoms with Crippen molar-refractivity contribution in [3.63, 3.8) is 0 Å². The Morgan fingerprint density at radius 3 is 2.92 bits per heavy atom. The van der Waals surface area contributed by atoms with E-state index in [1.54, 1.807) is 22.2 Å². The van der Waals surface area contributed by atoms with Gasteiger partial charge in [-0.3, -0.25) is 9.48 Å². The van der Waals surface area contributed by atoms with Crippen molar-refractivity contribution in [2.24, 2.45) is 0 Å². The summed E-state index contributed by atoms with van der Waals surface area (Å²) in [5.41, 5.74) is 2.11. The standard InChI is InChI=1S/C17H19N5OS/c1-13-5-2-3-7-15(13)19-17(23)16-12-22(21-20-16)9-8-18-11-14-6-4-10-24-14/h2-7,10,12,18H,8-9,11H2,1H3,(H,19,23). The van der Waals surface area contributed by atoms with Gasteiger partial charge in [0.15, 0.2) is 5.69 Å². The molecular weight excluding hydrogens is 322 g/mol. The molecule has 24 heavy (non-hydrogen) atoms. The number of aromatic nitrogens is 3. The molecule has 0 bridgehead atoms. The van der Waals surface area contributed by atoms with Crippen LogP contribution >= 0.6 is 11.3 Å². The lowest BCUT2D eigenvalue weighted by molar-refractivity contribution is 0.102. The number of benzene rings is 1. The van der Waals surface area contributed by atoms with Gasteiger partial charge in [0.1, 0.15) is 0 Å². The van der Waals surface area contributed by atoms with E-state index in [0.717, 1.165) is 24.3 Å². The number of hydrogen-bond donors (Lipinski definition) is 2. The van der Waals surface area contributed by atoms with E-state index in [1.807, 2.05) is 37.3 Å². The van der Waals surface area contributed by atoms with E-state index < -0.39 is 0 Å². The highest BCUT2D eigenvalue weighted by molar-refractivity contribution is 7.09. The molecule has 0 unspecified atom stereocenters. The average Bonchev–Trinajstić information content (AvgIpc) is 3.25. The minimum Gasteiger partial charge on any atom is -0.320 e. The van der Waals surface area contributed by atoms with E-state index in [4.69, 9.17) is 0 Å². The fourth-order valence-electron chi connectivity index (χ4n) is 2.23. The predicted octanol–water partition coefficient (Wildman–Crippen LogP) is 2.69. The lowest BCUT2D eigenvalue weighted by Crippen LogP contribution is -2.19. The number of nitrogens with zero attached hydrogens (tertiary/aromatic N) is 3. The summed E-state index contributed by atoms with van der Waals surface area (Å²) >= 11 is 1.73.